The molecule has 0 radical (unpaired) electrons. The first-order valence-electron chi connectivity index (χ1n) is 11.4. The first-order valence-corrected chi connectivity index (χ1v) is 12.3. The van der Waals surface area contributed by atoms with Gasteiger partial charge in [0.2, 0.25) is 5.91 Å². The van der Waals surface area contributed by atoms with Gasteiger partial charge in [-0.3, -0.25) is 4.79 Å². The van der Waals surface area contributed by atoms with Crippen molar-refractivity contribution in [3.05, 3.63) is 87.6 Å². The molecule has 0 aliphatic heterocycles. The van der Waals surface area contributed by atoms with Gasteiger partial charge in [-0.2, -0.15) is 0 Å². The van der Waals surface area contributed by atoms with Crippen LogP contribution in [0.15, 0.2) is 66.0 Å². The van der Waals surface area contributed by atoms with Crippen LogP contribution in [0.5, 0.6) is 0 Å². The van der Waals surface area contributed by atoms with Gasteiger partial charge in [0.25, 0.3) is 0 Å². The van der Waals surface area contributed by atoms with Crippen LogP contribution in [0.3, 0.4) is 0 Å². The third-order valence-electron chi connectivity index (χ3n) is 5.64. The monoisotopic (exact) mass is 479 g/mol. The summed E-state index contributed by atoms with van der Waals surface area (Å²) >= 11 is 1.62. The van der Waals surface area contributed by atoms with E-state index in [1.54, 1.807) is 23.3 Å². The number of nitrogens with zero attached hydrogens (tertiary/aromatic N) is 2. The van der Waals surface area contributed by atoms with Gasteiger partial charge in [0.05, 0.1) is 6.54 Å². The quantitative estimate of drug-likeness (QED) is 0.371. The lowest BCUT2D eigenvalue weighted by atomic mass is 10.1. The van der Waals surface area contributed by atoms with Gasteiger partial charge < -0.3 is 19.9 Å². The van der Waals surface area contributed by atoms with Crippen molar-refractivity contribution in [3.8, 4) is 0 Å². The minimum absolute atomic E-state index is 0.00139. The molecule has 3 rings (SSSR count). The summed E-state index contributed by atoms with van der Waals surface area (Å²) in [6.45, 7) is 5.98. The van der Waals surface area contributed by atoms with E-state index in [0.717, 1.165) is 27.3 Å². The first kappa shape index (κ1) is 25.5. The van der Waals surface area contributed by atoms with Crippen LogP contribution in [0, 0.1) is 13.8 Å². The number of methoxy groups -OCH3 is 1. The van der Waals surface area contributed by atoms with E-state index in [-0.39, 0.29) is 18.5 Å². The number of rotatable bonds is 11. The number of ether oxygens (including phenoxy) is 1. The fraction of sp³-hybridized carbons (Fsp3) is 0.333. The molecular formula is C27H33N3O3S. The summed E-state index contributed by atoms with van der Waals surface area (Å²) in [6.07, 6.45) is 0.647. The van der Waals surface area contributed by atoms with Gasteiger partial charge in [-0.25, -0.2) is 4.79 Å². The molecule has 34 heavy (non-hydrogen) atoms. The van der Waals surface area contributed by atoms with Crippen molar-refractivity contribution in [2.45, 2.75) is 33.4 Å². The fourth-order valence-corrected chi connectivity index (χ4v) is 4.28. The van der Waals surface area contributed by atoms with Crippen molar-refractivity contribution in [1.82, 2.24) is 9.80 Å². The molecule has 0 aliphatic rings. The molecule has 6 nitrogen and oxygen atoms in total. The largest absolute Gasteiger partial charge is 0.385 e. The molecule has 1 N–H and O–H groups in total. The van der Waals surface area contributed by atoms with E-state index >= 15 is 0 Å². The molecule has 1 aromatic heterocycles. The van der Waals surface area contributed by atoms with Crippen LogP contribution in [0.2, 0.25) is 0 Å². The summed E-state index contributed by atoms with van der Waals surface area (Å²) in [7, 11) is 1.63. The second-order valence-electron chi connectivity index (χ2n) is 8.31. The molecule has 0 unspecified atom stereocenters. The number of hydrogen-bond acceptors (Lipinski definition) is 4. The highest BCUT2D eigenvalue weighted by Gasteiger charge is 2.22. The number of amides is 3. The van der Waals surface area contributed by atoms with Gasteiger partial charge in [-0.15, -0.1) is 11.3 Å². The first-order chi connectivity index (χ1) is 16.5. The second-order valence-corrected chi connectivity index (χ2v) is 9.34. The number of carbonyl (C=O) groups is 2. The summed E-state index contributed by atoms with van der Waals surface area (Å²) in [5.74, 6) is -0.0927. The number of anilines is 1. The molecule has 0 saturated carbocycles. The topological polar surface area (TPSA) is 61.9 Å². The maximum absolute atomic E-state index is 13.5. The maximum Gasteiger partial charge on any atom is 0.322 e. The number of urea groups is 1. The van der Waals surface area contributed by atoms with E-state index in [2.05, 4.69) is 5.32 Å². The lowest BCUT2D eigenvalue weighted by molar-refractivity contribution is -0.133. The van der Waals surface area contributed by atoms with Crippen molar-refractivity contribution in [1.29, 1.82) is 0 Å². The Morgan fingerprint density at radius 2 is 1.74 bits per heavy atom. The Morgan fingerprint density at radius 1 is 0.941 bits per heavy atom. The fourth-order valence-electron chi connectivity index (χ4n) is 3.56. The number of nitrogens with one attached hydrogen (secondary N) is 1. The molecule has 0 aliphatic carbocycles. The van der Waals surface area contributed by atoms with Crippen molar-refractivity contribution >= 4 is 29.0 Å². The third-order valence-corrected chi connectivity index (χ3v) is 6.50. The van der Waals surface area contributed by atoms with Gasteiger partial charge >= 0.3 is 6.03 Å². The van der Waals surface area contributed by atoms with Gasteiger partial charge in [0.15, 0.2) is 0 Å². The number of thiophene rings is 1. The molecule has 1 heterocycles. The smallest absolute Gasteiger partial charge is 0.322 e. The van der Waals surface area contributed by atoms with Crippen LogP contribution in [-0.4, -0.2) is 48.5 Å². The van der Waals surface area contributed by atoms with Crippen molar-refractivity contribution < 1.29 is 14.3 Å². The van der Waals surface area contributed by atoms with Crippen LogP contribution in [-0.2, 0) is 22.6 Å². The minimum atomic E-state index is -0.288. The highest BCUT2D eigenvalue weighted by Crippen LogP contribution is 2.17. The average Bonchev–Trinajstić information content (AvgIpc) is 3.34. The average molecular weight is 480 g/mol. The summed E-state index contributed by atoms with van der Waals surface area (Å²) in [6, 6.07) is 19.5. The molecule has 180 valence electrons. The van der Waals surface area contributed by atoms with Crippen molar-refractivity contribution in [3.63, 3.8) is 0 Å². The Hall–Kier alpha value is -3.16. The predicted molar refractivity (Wildman–Crippen MR) is 138 cm³/mol. The van der Waals surface area contributed by atoms with E-state index < -0.39 is 0 Å². The standard InChI is InChI=1S/C27H33N3O3S/c1-21-12-13-24(17-22(21)2)28-27(32)29(14-8-15-33-3)20-26(31)30(19-25-11-7-16-34-25)18-23-9-5-4-6-10-23/h4-7,9-13,16-17H,8,14-15,18-20H2,1-3H3,(H,28,32). The number of benzene rings is 2. The van der Waals surface area contributed by atoms with Crippen LogP contribution >= 0.6 is 11.3 Å². The van der Waals surface area contributed by atoms with E-state index in [1.165, 1.54) is 0 Å². The molecule has 0 atom stereocenters. The SMILES string of the molecule is COCCCN(CC(=O)N(Cc1ccccc1)Cc1cccs1)C(=O)Nc1ccc(C)c(C)c1. The Labute approximate surface area is 206 Å². The van der Waals surface area contributed by atoms with Crippen molar-refractivity contribution in [2.24, 2.45) is 0 Å². The Balaban J connectivity index is 1.74. The van der Waals surface area contributed by atoms with Gasteiger partial charge in [-0.1, -0.05) is 42.5 Å². The molecule has 2 aromatic carbocycles. The lowest BCUT2D eigenvalue weighted by Gasteiger charge is -2.28. The normalized spacial score (nSPS) is 10.7. The van der Waals surface area contributed by atoms with Crippen LogP contribution in [0.4, 0.5) is 10.5 Å². The zero-order valence-electron chi connectivity index (χ0n) is 20.1. The summed E-state index contributed by atoms with van der Waals surface area (Å²) in [4.78, 5) is 31.1. The third kappa shape index (κ3) is 7.71. The van der Waals surface area contributed by atoms with Crippen LogP contribution in [0.25, 0.3) is 0 Å². The number of carbonyl (C=O) groups excluding carboxylic acids is 2. The molecule has 0 bridgehead atoms. The van der Waals surface area contributed by atoms with E-state index in [4.69, 9.17) is 4.74 Å². The minimum Gasteiger partial charge on any atom is -0.385 e. The number of hydrogen-bond donors (Lipinski definition) is 1. The zero-order chi connectivity index (χ0) is 24.3. The van der Waals surface area contributed by atoms with Gasteiger partial charge in [-0.05, 0) is 60.5 Å². The van der Waals surface area contributed by atoms with Gasteiger partial charge in [0, 0.05) is 37.4 Å². The molecule has 0 spiro atoms. The molecule has 7 heteroatoms. The number of aryl methyl sites for hydroxylation is 2. The zero-order valence-corrected chi connectivity index (χ0v) is 20.9. The highest BCUT2D eigenvalue weighted by atomic mass is 32.1. The molecule has 0 saturated heterocycles. The highest BCUT2D eigenvalue weighted by molar-refractivity contribution is 7.09. The van der Waals surface area contributed by atoms with E-state index in [0.29, 0.717) is 32.7 Å². The van der Waals surface area contributed by atoms with Crippen LogP contribution in [0.1, 0.15) is 28.0 Å². The van der Waals surface area contributed by atoms with Crippen LogP contribution < -0.4 is 5.32 Å². The van der Waals surface area contributed by atoms with E-state index in [1.807, 2.05) is 84.8 Å². The Morgan fingerprint density at radius 3 is 2.41 bits per heavy atom. The van der Waals surface area contributed by atoms with Gasteiger partial charge in [0.1, 0.15) is 6.54 Å². The molecule has 3 amide bonds. The summed E-state index contributed by atoms with van der Waals surface area (Å²) < 4.78 is 5.17. The van der Waals surface area contributed by atoms with Crippen molar-refractivity contribution in [2.75, 3.05) is 32.1 Å². The Kier molecular flexibility index (Phi) is 9.67. The Bertz CT molecular complexity index is 1050. The summed E-state index contributed by atoms with van der Waals surface area (Å²) in [5, 5.41) is 4.96. The summed E-state index contributed by atoms with van der Waals surface area (Å²) in [5.41, 5.74) is 4.04. The second kappa shape index (κ2) is 12.9. The lowest BCUT2D eigenvalue weighted by Crippen LogP contribution is -2.44. The maximum atomic E-state index is 13.5. The molecule has 3 aromatic rings. The van der Waals surface area contributed by atoms with E-state index in [9.17, 15) is 9.59 Å². The molecular weight excluding hydrogens is 446 g/mol. The predicted octanol–water partition coefficient (Wildman–Crippen LogP) is 5.46. The molecule has 0 fully saturated rings.